The second-order valence-corrected chi connectivity index (χ2v) is 3.15. The number of ketones is 1. The molecule has 1 aromatic rings. The fourth-order valence-electron chi connectivity index (χ4n) is 0.998. The number of nitrogens with one attached hydrogen (secondary N) is 1. The third-order valence-electron chi connectivity index (χ3n) is 1.67. The van der Waals surface area contributed by atoms with Crippen LogP contribution in [0.25, 0.3) is 0 Å². The van der Waals surface area contributed by atoms with Gasteiger partial charge in [0, 0.05) is 5.56 Å². The summed E-state index contributed by atoms with van der Waals surface area (Å²) in [6, 6.07) is 2.25. The Morgan fingerprint density at radius 3 is 2.79 bits per heavy atom. The summed E-state index contributed by atoms with van der Waals surface area (Å²) in [6.45, 7) is 0.113. The van der Waals surface area contributed by atoms with Gasteiger partial charge in [-0.05, 0) is 19.2 Å². The van der Waals surface area contributed by atoms with Crippen molar-refractivity contribution in [1.82, 2.24) is 5.32 Å². The minimum Gasteiger partial charge on any atom is -0.505 e. The number of carbonyl (C=O) groups excluding carboxylic acids is 1. The van der Waals surface area contributed by atoms with E-state index < -0.39 is 11.6 Å². The van der Waals surface area contributed by atoms with Crippen LogP contribution in [0.2, 0.25) is 5.02 Å². The number of rotatable bonds is 3. The van der Waals surface area contributed by atoms with E-state index in [0.717, 1.165) is 6.07 Å². The molecule has 0 saturated carbocycles. The molecule has 0 saturated heterocycles. The molecule has 76 valence electrons. The van der Waals surface area contributed by atoms with Crippen molar-refractivity contribution in [3.63, 3.8) is 0 Å². The molecule has 1 aromatic carbocycles. The quantitative estimate of drug-likeness (QED) is 0.756. The normalized spacial score (nSPS) is 10.2. The molecule has 5 heteroatoms. The van der Waals surface area contributed by atoms with E-state index in [9.17, 15) is 9.18 Å². The molecule has 0 bridgehead atoms. The molecule has 0 atom stereocenters. The van der Waals surface area contributed by atoms with Crippen molar-refractivity contribution in [2.24, 2.45) is 0 Å². The molecule has 0 aromatic heterocycles. The first kappa shape index (κ1) is 10.9. The van der Waals surface area contributed by atoms with Gasteiger partial charge in [0.15, 0.2) is 17.3 Å². The predicted molar refractivity (Wildman–Crippen MR) is 51.3 cm³/mol. The lowest BCUT2D eigenvalue weighted by Gasteiger charge is -2.03. The lowest BCUT2D eigenvalue weighted by atomic mass is 10.1. The third kappa shape index (κ3) is 2.21. The first-order valence-electron chi connectivity index (χ1n) is 3.92. The molecule has 0 fully saturated rings. The SMILES string of the molecule is CNCC(=O)c1cc(O)c(F)c(Cl)c1. The van der Waals surface area contributed by atoms with Crippen LogP contribution in [-0.2, 0) is 0 Å². The smallest absolute Gasteiger partial charge is 0.183 e. The van der Waals surface area contributed by atoms with Crippen LogP contribution in [0.15, 0.2) is 12.1 Å². The van der Waals surface area contributed by atoms with E-state index in [4.69, 9.17) is 16.7 Å². The molecule has 14 heavy (non-hydrogen) atoms. The van der Waals surface area contributed by atoms with Crippen LogP contribution in [0, 0.1) is 5.82 Å². The van der Waals surface area contributed by atoms with Crippen molar-refractivity contribution in [3.05, 3.63) is 28.5 Å². The van der Waals surface area contributed by atoms with Crippen molar-refractivity contribution in [1.29, 1.82) is 0 Å². The number of aromatic hydroxyl groups is 1. The van der Waals surface area contributed by atoms with E-state index in [0.29, 0.717) is 0 Å². The van der Waals surface area contributed by atoms with Crippen molar-refractivity contribution >= 4 is 17.4 Å². The third-order valence-corrected chi connectivity index (χ3v) is 1.94. The monoisotopic (exact) mass is 217 g/mol. The molecular weight excluding hydrogens is 209 g/mol. The Bertz CT molecular complexity index is 345. The van der Waals surface area contributed by atoms with Gasteiger partial charge in [0.25, 0.3) is 0 Å². The first-order chi connectivity index (χ1) is 6.56. The minimum atomic E-state index is -0.910. The number of halogens is 2. The van der Waals surface area contributed by atoms with Crippen LogP contribution in [0.3, 0.4) is 0 Å². The number of hydrogen-bond donors (Lipinski definition) is 2. The molecule has 0 unspecified atom stereocenters. The maximum Gasteiger partial charge on any atom is 0.183 e. The number of Topliss-reactive ketones (excluding diaryl/α,β-unsaturated/α-hetero) is 1. The summed E-state index contributed by atoms with van der Waals surface area (Å²) >= 11 is 5.46. The van der Waals surface area contributed by atoms with Crippen LogP contribution < -0.4 is 5.32 Å². The number of carbonyl (C=O) groups is 1. The molecule has 0 aliphatic rings. The Hall–Kier alpha value is -1.13. The van der Waals surface area contributed by atoms with Crippen LogP contribution >= 0.6 is 11.6 Å². The Labute approximate surface area is 85.5 Å². The highest BCUT2D eigenvalue weighted by Gasteiger charge is 2.12. The zero-order chi connectivity index (χ0) is 10.7. The lowest BCUT2D eigenvalue weighted by Crippen LogP contribution is -2.18. The number of benzene rings is 1. The van der Waals surface area contributed by atoms with Crippen LogP contribution in [0.5, 0.6) is 5.75 Å². The topological polar surface area (TPSA) is 49.3 Å². The summed E-state index contributed by atoms with van der Waals surface area (Å²) < 4.78 is 12.9. The average Bonchev–Trinajstić information content (AvgIpc) is 2.13. The lowest BCUT2D eigenvalue weighted by molar-refractivity contribution is 0.0993. The minimum absolute atomic E-state index is 0.113. The van der Waals surface area contributed by atoms with Crippen molar-refractivity contribution in [3.8, 4) is 5.75 Å². The van der Waals surface area contributed by atoms with Gasteiger partial charge in [-0.25, -0.2) is 4.39 Å². The largest absolute Gasteiger partial charge is 0.505 e. The highest BCUT2D eigenvalue weighted by Crippen LogP contribution is 2.25. The molecule has 3 nitrogen and oxygen atoms in total. The van der Waals surface area contributed by atoms with E-state index in [-0.39, 0.29) is 22.9 Å². The van der Waals surface area contributed by atoms with Crippen LogP contribution in [-0.4, -0.2) is 24.5 Å². The van der Waals surface area contributed by atoms with Crippen molar-refractivity contribution < 1.29 is 14.3 Å². The summed E-state index contributed by atoms with van der Waals surface area (Å²) in [5, 5.41) is 11.5. The van der Waals surface area contributed by atoms with E-state index in [2.05, 4.69) is 5.32 Å². The number of hydrogen-bond acceptors (Lipinski definition) is 3. The van der Waals surface area contributed by atoms with Crippen LogP contribution in [0.4, 0.5) is 4.39 Å². The van der Waals surface area contributed by atoms with Gasteiger partial charge in [-0.1, -0.05) is 11.6 Å². The maximum absolute atomic E-state index is 12.9. The maximum atomic E-state index is 12.9. The Balaban J connectivity index is 3.06. The molecule has 0 aliphatic heterocycles. The Kier molecular flexibility index (Phi) is 3.43. The van der Waals surface area contributed by atoms with Gasteiger partial charge in [-0.2, -0.15) is 0 Å². The van der Waals surface area contributed by atoms with Gasteiger partial charge in [0.1, 0.15) is 0 Å². The predicted octanol–water partition coefficient (Wildman–Crippen LogP) is 1.59. The molecule has 1 rings (SSSR count). The van der Waals surface area contributed by atoms with Gasteiger partial charge in [-0.15, -0.1) is 0 Å². The Morgan fingerprint density at radius 2 is 2.29 bits per heavy atom. The molecule has 0 radical (unpaired) electrons. The first-order valence-corrected chi connectivity index (χ1v) is 4.30. The van der Waals surface area contributed by atoms with E-state index >= 15 is 0 Å². The molecule has 0 amide bonds. The molecule has 0 spiro atoms. The van der Waals surface area contributed by atoms with Gasteiger partial charge >= 0.3 is 0 Å². The summed E-state index contributed by atoms with van der Waals surface area (Å²) in [7, 11) is 1.61. The summed E-state index contributed by atoms with van der Waals surface area (Å²) in [5.41, 5.74) is 0.184. The highest BCUT2D eigenvalue weighted by molar-refractivity contribution is 6.31. The van der Waals surface area contributed by atoms with Crippen LogP contribution in [0.1, 0.15) is 10.4 Å². The average molecular weight is 218 g/mol. The van der Waals surface area contributed by atoms with Gasteiger partial charge in [-0.3, -0.25) is 4.79 Å². The number of phenolic OH excluding ortho intramolecular Hbond substituents is 1. The number of likely N-dealkylation sites (N-methyl/N-ethyl adjacent to an activating group) is 1. The number of phenols is 1. The molecule has 2 N–H and O–H groups in total. The fraction of sp³-hybridized carbons (Fsp3) is 0.222. The zero-order valence-corrected chi connectivity index (χ0v) is 8.23. The fourth-order valence-corrected chi connectivity index (χ4v) is 1.21. The zero-order valence-electron chi connectivity index (χ0n) is 7.47. The van der Waals surface area contributed by atoms with Gasteiger partial charge in [0.2, 0.25) is 0 Å². The molecule has 0 aliphatic carbocycles. The van der Waals surface area contributed by atoms with Gasteiger partial charge in [0.05, 0.1) is 11.6 Å². The van der Waals surface area contributed by atoms with E-state index in [1.807, 2.05) is 0 Å². The highest BCUT2D eigenvalue weighted by atomic mass is 35.5. The summed E-state index contributed by atoms with van der Waals surface area (Å²) in [4.78, 5) is 11.3. The van der Waals surface area contributed by atoms with Crippen molar-refractivity contribution in [2.45, 2.75) is 0 Å². The van der Waals surface area contributed by atoms with Gasteiger partial charge < -0.3 is 10.4 Å². The second-order valence-electron chi connectivity index (χ2n) is 2.74. The van der Waals surface area contributed by atoms with Crippen molar-refractivity contribution in [2.75, 3.05) is 13.6 Å². The molecule has 0 heterocycles. The van der Waals surface area contributed by atoms with E-state index in [1.54, 1.807) is 7.05 Å². The van der Waals surface area contributed by atoms with E-state index in [1.165, 1.54) is 6.07 Å². The second kappa shape index (κ2) is 4.39. The Morgan fingerprint density at radius 1 is 1.64 bits per heavy atom. The molecular formula is C9H9ClFNO2. The standard InChI is InChI=1S/C9H9ClFNO2/c1-12-4-8(14)5-2-6(10)9(11)7(13)3-5/h2-3,12-13H,4H2,1H3. The summed E-state index contributed by atoms with van der Waals surface area (Å²) in [5.74, 6) is -1.78. The summed E-state index contributed by atoms with van der Waals surface area (Å²) in [6.07, 6.45) is 0.